The topological polar surface area (TPSA) is 177 Å². The summed E-state index contributed by atoms with van der Waals surface area (Å²) in [5.41, 5.74) is 5.82. The predicted molar refractivity (Wildman–Crippen MR) is 237 cm³/mol. The summed E-state index contributed by atoms with van der Waals surface area (Å²) in [5, 5.41) is 63.0. The highest BCUT2D eigenvalue weighted by Gasteiger charge is 2.38. The Morgan fingerprint density at radius 1 is 0.836 bits per heavy atom. The number of hydrogen-bond acceptors (Lipinski definition) is 10. The molecule has 1 heterocycles. The molecule has 0 saturated carbocycles. The fourth-order valence-electron chi connectivity index (χ4n) is 8.83. The summed E-state index contributed by atoms with van der Waals surface area (Å²) >= 11 is 0. The lowest BCUT2D eigenvalue weighted by Gasteiger charge is -2.36. The van der Waals surface area contributed by atoms with Gasteiger partial charge in [0.05, 0.1) is 19.3 Å². The maximum Gasteiger partial charge on any atom is 0.164 e. The van der Waals surface area contributed by atoms with Crippen molar-refractivity contribution in [2.75, 3.05) is 27.4 Å². The number of H-pyrrole nitrogens is 1. The zero-order chi connectivity index (χ0) is 43.0. The predicted octanol–water partition coefficient (Wildman–Crippen LogP) is 7.31. The van der Waals surface area contributed by atoms with Crippen molar-refractivity contribution in [2.24, 2.45) is 5.92 Å². The largest absolute Gasteiger partial charge is 0.508 e. The fraction of sp³-hybridized carbons (Fsp3) is 0.300. The Morgan fingerprint density at radius 2 is 1.64 bits per heavy atom. The summed E-state index contributed by atoms with van der Waals surface area (Å²) in [6, 6.07) is 30.0. The third kappa shape index (κ3) is 9.93. The van der Waals surface area contributed by atoms with Gasteiger partial charge in [-0.3, -0.25) is 10.1 Å². The molecule has 7 rings (SSSR count). The minimum absolute atomic E-state index is 0.0175. The van der Waals surface area contributed by atoms with E-state index in [2.05, 4.69) is 52.0 Å². The molecule has 1 aliphatic rings. The second-order valence-electron chi connectivity index (χ2n) is 16.0. The van der Waals surface area contributed by atoms with Crippen molar-refractivity contribution < 1.29 is 39.8 Å². The molecule has 0 radical (unpaired) electrons. The van der Waals surface area contributed by atoms with Gasteiger partial charge in [-0.05, 0) is 113 Å². The highest BCUT2D eigenvalue weighted by atomic mass is 16.5. The molecule has 0 aliphatic heterocycles. The van der Waals surface area contributed by atoms with Crippen molar-refractivity contribution in [1.29, 1.82) is 0 Å². The van der Waals surface area contributed by atoms with E-state index in [1.165, 1.54) is 6.07 Å². The van der Waals surface area contributed by atoms with Crippen molar-refractivity contribution in [1.82, 2.24) is 15.6 Å². The number of methoxy groups -OCH3 is 1. The first-order valence-electron chi connectivity index (χ1n) is 20.7. The van der Waals surface area contributed by atoms with Crippen molar-refractivity contribution in [3.63, 3.8) is 0 Å². The smallest absolute Gasteiger partial charge is 0.164 e. The third-order valence-electron chi connectivity index (χ3n) is 11.7. The van der Waals surface area contributed by atoms with Gasteiger partial charge in [-0.15, -0.1) is 0 Å². The van der Waals surface area contributed by atoms with E-state index in [-0.39, 0.29) is 60.2 Å². The molecular weight excluding hydrogens is 771 g/mol. The van der Waals surface area contributed by atoms with Crippen LogP contribution in [-0.2, 0) is 24.2 Å². The number of ether oxygens (including phenoxy) is 2. The summed E-state index contributed by atoms with van der Waals surface area (Å²) in [6.45, 7) is 2.47. The molecule has 0 bridgehead atoms. The molecular formula is C50H55N3O8. The number of benzene rings is 5. The normalized spacial score (nSPS) is 16.7. The standard InChI is InChI=1S/C50H55N3O8/c1-30(54)26-53-29-61-48-23-31(11-15-44(48)56)21-42(35-19-33(27-51-2)20-36(55)24-35)46(58)25-47(59)43(22-32-17-18-52-28-32)39-12-13-40(49-41(39)14-16-45(57)50(49)60-3)38-10-6-8-34-7-4-5-9-37(34)38/h4-20,23-24,28,30,39-40,42-43,47,51-57,59H,21-22,25-27,29H2,1-3H3/t30-,39-,40+,42+,43+,47+/m0/s1. The van der Waals surface area contributed by atoms with Crippen LogP contribution in [0.25, 0.3) is 10.8 Å². The molecule has 61 heavy (non-hydrogen) atoms. The van der Waals surface area contributed by atoms with E-state index in [1.807, 2.05) is 48.8 Å². The first-order chi connectivity index (χ1) is 29.5. The van der Waals surface area contributed by atoms with Crippen LogP contribution in [-0.4, -0.2) is 75.9 Å². The van der Waals surface area contributed by atoms with E-state index >= 15 is 0 Å². The van der Waals surface area contributed by atoms with Crippen LogP contribution in [0.2, 0.25) is 0 Å². The number of ketones is 1. The quantitative estimate of drug-likeness (QED) is 0.0235. The Hall–Kier alpha value is -6.11. The van der Waals surface area contributed by atoms with Crippen LogP contribution in [0.4, 0.5) is 0 Å². The number of allylic oxidation sites excluding steroid dienone is 2. The van der Waals surface area contributed by atoms with Crippen molar-refractivity contribution in [3.8, 4) is 28.7 Å². The van der Waals surface area contributed by atoms with Gasteiger partial charge < -0.3 is 45.3 Å². The van der Waals surface area contributed by atoms with Gasteiger partial charge in [0.25, 0.3) is 0 Å². The summed E-state index contributed by atoms with van der Waals surface area (Å²) in [4.78, 5) is 18.0. The van der Waals surface area contributed by atoms with Crippen molar-refractivity contribution >= 4 is 16.6 Å². The Bertz CT molecular complexity index is 2460. The van der Waals surface area contributed by atoms with Gasteiger partial charge >= 0.3 is 0 Å². The van der Waals surface area contributed by atoms with Crippen LogP contribution in [0.15, 0.2) is 122 Å². The van der Waals surface area contributed by atoms with Crippen molar-refractivity contribution in [3.05, 3.63) is 161 Å². The van der Waals surface area contributed by atoms with Crippen LogP contribution in [0.1, 0.15) is 70.0 Å². The van der Waals surface area contributed by atoms with E-state index in [9.17, 15) is 30.3 Å². The lowest BCUT2D eigenvalue weighted by atomic mass is 9.69. The summed E-state index contributed by atoms with van der Waals surface area (Å²) in [6.07, 6.45) is 6.75. The zero-order valence-corrected chi connectivity index (χ0v) is 34.7. The van der Waals surface area contributed by atoms with Gasteiger partial charge in [0.1, 0.15) is 18.3 Å². The molecule has 0 saturated heterocycles. The number of aliphatic hydroxyl groups excluding tert-OH is 2. The molecule has 0 amide bonds. The average Bonchev–Trinajstić information content (AvgIpc) is 3.77. The molecule has 5 aromatic carbocycles. The SMILES string of the molecule is CNCc1cc(O)cc([C@@H](Cc2ccc(O)c(OCNC[C@H](C)O)c2)C(=O)C[C@@H](O)[C@H](Cc2cc[nH]c2)[C@H]2C=C[C@H](c3cccc4ccccc34)c3c2ccc(O)c3OC)c1. The minimum Gasteiger partial charge on any atom is -0.508 e. The van der Waals surface area contributed by atoms with Gasteiger partial charge in [0.2, 0.25) is 0 Å². The molecule has 1 aliphatic carbocycles. The molecule has 11 heteroatoms. The molecule has 0 fully saturated rings. The number of carbonyl (C=O) groups excluding carboxylic acids is 1. The van der Waals surface area contributed by atoms with Crippen molar-refractivity contribution in [2.45, 2.75) is 62.7 Å². The monoisotopic (exact) mass is 825 g/mol. The zero-order valence-electron chi connectivity index (χ0n) is 34.7. The minimum atomic E-state index is -1.12. The van der Waals surface area contributed by atoms with Crippen LogP contribution >= 0.6 is 0 Å². The van der Waals surface area contributed by atoms with E-state index in [0.29, 0.717) is 36.4 Å². The van der Waals surface area contributed by atoms with Crippen LogP contribution < -0.4 is 20.1 Å². The van der Waals surface area contributed by atoms with E-state index in [1.54, 1.807) is 51.4 Å². The number of carbonyl (C=O) groups is 1. The number of phenolic OH excluding ortho intramolecular Hbond substituents is 3. The molecule has 8 N–H and O–H groups in total. The average molecular weight is 826 g/mol. The number of aromatic hydroxyl groups is 3. The van der Waals surface area contributed by atoms with Crippen LogP contribution in [0.5, 0.6) is 28.7 Å². The lowest BCUT2D eigenvalue weighted by molar-refractivity contribution is -0.123. The molecule has 318 valence electrons. The Balaban J connectivity index is 1.25. The van der Waals surface area contributed by atoms with Gasteiger partial charge in [0.15, 0.2) is 23.0 Å². The maximum absolute atomic E-state index is 14.9. The fourth-order valence-corrected chi connectivity index (χ4v) is 8.83. The highest BCUT2D eigenvalue weighted by molar-refractivity contribution is 5.88. The number of hydrogen-bond donors (Lipinski definition) is 8. The van der Waals surface area contributed by atoms with E-state index in [4.69, 9.17) is 9.47 Å². The van der Waals surface area contributed by atoms with Crippen LogP contribution in [0.3, 0.4) is 0 Å². The number of phenols is 3. The second-order valence-corrected chi connectivity index (χ2v) is 16.0. The molecule has 0 spiro atoms. The van der Waals surface area contributed by atoms with E-state index < -0.39 is 24.0 Å². The molecule has 11 nitrogen and oxygen atoms in total. The number of aromatic amines is 1. The molecule has 1 aromatic heterocycles. The maximum atomic E-state index is 14.9. The van der Waals surface area contributed by atoms with Crippen LogP contribution in [0, 0.1) is 5.92 Å². The summed E-state index contributed by atoms with van der Waals surface area (Å²) in [7, 11) is 3.36. The number of aromatic nitrogens is 1. The number of aliphatic hydroxyl groups is 2. The Labute approximate surface area is 356 Å². The Morgan fingerprint density at radius 3 is 2.41 bits per heavy atom. The highest BCUT2D eigenvalue weighted by Crippen LogP contribution is 2.50. The third-order valence-corrected chi connectivity index (χ3v) is 11.7. The Kier molecular flexibility index (Phi) is 13.8. The van der Waals surface area contributed by atoms with Gasteiger partial charge in [-0.1, -0.05) is 72.8 Å². The first kappa shape index (κ1) is 43.0. The summed E-state index contributed by atoms with van der Waals surface area (Å²) in [5.74, 6) is -1.57. The number of fused-ring (bicyclic) bond motifs is 2. The van der Waals surface area contributed by atoms with Gasteiger partial charge in [0, 0.05) is 55.2 Å². The molecule has 6 aromatic rings. The van der Waals surface area contributed by atoms with Gasteiger partial charge in [-0.25, -0.2) is 0 Å². The number of Topliss-reactive ketones (excluding diaryl/α,β-unsaturated/α-hetero) is 1. The van der Waals surface area contributed by atoms with Gasteiger partial charge in [-0.2, -0.15) is 0 Å². The summed E-state index contributed by atoms with van der Waals surface area (Å²) < 4.78 is 11.7. The molecule has 6 atom stereocenters. The lowest BCUT2D eigenvalue weighted by Crippen LogP contribution is -2.33. The first-order valence-corrected chi connectivity index (χ1v) is 20.7. The van der Waals surface area contributed by atoms with E-state index in [0.717, 1.165) is 38.6 Å². The second kappa shape index (κ2) is 19.5. The number of rotatable bonds is 19. The number of nitrogens with one attached hydrogen (secondary N) is 3. The molecule has 0 unspecified atom stereocenters.